The Hall–Kier alpha value is -1.76. The maximum absolute atomic E-state index is 5.77. The van der Waals surface area contributed by atoms with Gasteiger partial charge in [-0.15, -0.1) is 0 Å². The Kier molecular flexibility index (Phi) is 5.38. The zero-order valence-electron chi connectivity index (χ0n) is 13.8. The number of nitrogens with one attached hydrogen (secondary N) is 2. The minimum absolute atomic E-state index is 0.324. The van der Waals surface area contributed by atoms with Crippen molar-refractivity contribution in [3.05, 3.63) is 36.3 Å². The second kappa shape index (κ2) is 7.68. The van der Waals surface area contributed by atoms with E-state index in [2.05, 4.69) is 39.2 Å². The number of aromatic amines is 1. The fraction of sp³-hybridized carbons (Fsp3) is 0.529. The van der Waals surface area contributed by atoms with Crippen LogP contribution < -0.4 is 5.32 Å². The Labute approximate surface area is 137 Å². The predicted molar refractivity (Wildman–Crippen MR) is 90.0 cm³/mol. The van der Waals surface area contributed by atoms with Crippen LogP contribution in [0.25, 0.3) is 11.3 Å². The summed E-state index contributed by atoms with van der Waals surface area (Å²) in [5.41, 5.74) is 3.28. The van der Waals surface area contributed by atoms with E-state index in [0.29, 0.717) is 12.2 Å². The lowest BCUT2D eigenvalue weighted by Crippen LogP contribution is -2.47. The van der Waals surface area contributed by atoms with Gasteiger partial charge in [0.25, 0.3) is 0 Å². The maximum atomic E-state index is 5.77. The second-order valence-corrected chi connectivity index (χ2v) is 6.21. The summed E-state index contributed by atoms with van der Waals surface area (Å²) >= 11 is 0. The minimum Gasteiger partial charge on any atom is -0.373 e. The van der Waals surface area contributed by atoms with Crippen molar-refractivity contribution in [2.24, 2.45) is 0 Å². The smallest absolute Gasteiger partial charge is 0.0710 e. The SMILES string of the molecule is C[C@H]1CN(CCNCc2cn[nH]c2-c2cccnc2)C[C@H](C)O1. The highest BCUT2D eigenvalue weighted by molar-refractivity contribution is 5.61. The van der Waals surface area contributed by atoms with Gasteiger partial charge in [-0.1, -0.05) is 0 Å². The van der Waals surface area contributed by atoms with Crippen molar-refractivity contribution in [3.8, 4) is 11.3 Å². The van der Waals surface area contributed by atoms with E-state index in [1.165, 1.54) is 5.56 Å². The molecule has 0 spiro atoms. The van der Waals surface area contributed by atoms with E-state index in [9.17, 15) is 0 Å². The molecule has 1 saturated heterocycles. The summed E-state index contributed by atoms with van der Waals surface area (Å²) in [5.74, 6) is 0. The Morgan fingerprint density at radius 3 is 2.87 bits per heavy atom. The van der Waals surface area contributed by atoms with Gasteiger partial charge in [0.15, 0.2) is 0 Å². The molecule has 0 aliphatic carbocycles. The third-order valence-corrected chi connectivity index (χ3v) is 4.08. The van der Waals surface area contributed by atoms with Gasteiger partial charge in [-0.3, -0.25) is 15.0 Å². The number of hydrogen-bond acceptors (Lipinski definition) is 5. The molecule has 0 aromatic carbocycles. The summed E-state index contributed by atoms with van der Waals surface area (Å²) < 4.78 is 5.77. The van der Waals surface area contributed by atoms with Gasteiger partial charge in [0.05, 0.1) is 24.1 Å². The van der Waals surface area contributed by atoms with E-state index in [1.54, 1.807) is 6.20 Å². The van der Waals surface area contributed by atoms with Crippen LogP contribution in [0, 0.1) is 0 Å². The topological polar surface area (TPSA) is 66.1 Å². The molecule has 1 aliphatic heterocycles. The van der Waals surface area contributed by atoms with Gasteiger partial charge < -0.3 is 10.1 Å². The van der Waals surface area contributed by atoms with Crippen molar-refractivity contribution in [1.29, 1.82) is 0 Å². The van der Waals surface area contributed by atoms with Crippen LogP contribution in [0.5, 0.6) is 0 Å². The molecule has 1 fully saturated rings. The molecule has 2 aromatic heterocycles. The highest BCUT2D eigenvalue weighted by atomic mass is 16.5. The zero-order chi connectivity index (χ0) is 16.1. The molecule has 0 unspecified atom stereocenters. The Morgan fingerprint density at radius 1 is 1.30 bits per heavy atom. The van der Waals surface area contributed by atoms with E-state index < -0.39 is 0 Å². The number of H-pyrrole nitrogens is 1. The molecular weight excluding hydrogens is 290 g/mol. The summed E-state index contributed by atoms with van der Waals surface area (Å²) in [4.78, 5) is 6.63. The van der Waals surface area contributed by atoms with Crippen LogP contribution in [0.4, 0.5) is 0 Å². The first kappa shape index (κ1) is 16.1. The fourth-order valence-electron chi connectivity index (χ4n) is 3.13. The standard InChI is InChI=1S/C17H25N5O/c1-13-11-22(12-14(2)23-13)7-6-19-9-16-10-20-21-17(16)15-4-3-5-18-8-15/h3-5,8,10,13-14,19H,6-7,9,11-12H2,1-2H3,(H,20,21)/t13-,14-/m0/s1. The van der Waals surface area contributed by atoms with Crippen LogP contribution in [0.15, 0.2) is 30.7 Å². The van der Waals surface area contributed by atoms with E-state index in [0.717, 1.165) is 44.0 Å². The quantitative estimate of drug-likeness (QED) is 0.794. The summed E-state index contributed by atoms with van der Waals surface area (Å²) in [6.07, 6.45) is 6.17. The highest BCUT2D eigenvalue weighted by Crippen LogP contribution is 2.19. The van der Waals surface area contributed by atoms with E-state index in [-0.39, 0.29) is 0 Å². The third kappa shape index (κ3) is 4.37. The Balaban J connectivity index is 1.47. The van der Waals surface area contributed by atoms with Gasteiger partial charge in [-0.05, 0) is 26.0 Å². The van der Waals surface area contributed by atoms with E-state index >= 15 is 0 Å². The number of nitrogens with zero attached hydrogens (tertiary/aromatic N) is 3. The molecule has 0 saturated carbocycles. The number of ether oxygens (including phenoxy) is 1. The fourth-order valence-corrected chi connectivity index (χ4v) is 3.13. The lowest BCUT2D eigenvalue weighted by atomic mass is 10.1. The molecule has 2 atom stereocenters. The van der Waals surface area contributed by atoms with Crippen molar-refractivity contribution in [2.45, 2.75) is 32.6 Å². The number of morpholine rings is 1. The van der Waals surface area contributed by atoms with Gasteiger partial charge in [0.2, 0.25) is 0 Å². The highest BCUT2D eigenvalue weighted by Gasteiger charge is 2.21. The first-order valence-electron chi connectivity index (χ1n) is 8.23. The van der Waals surface area contributed by atoms with Crippen LogP contribution in [0.1, 0.15) is 19.4 Å². The third-order valence-electron chi connectivity index (χ3n) is 4.08. The lowest BCUT2D eigenvalue weighted by Gasteiger charge is -2.35. The number of pyridine rings is 1. The molecule has 0 radical (unpaired) electrons. The maximum Gasteiger partial charge on any atom is 0.0710 e. The Bertz CT molecular complexity index is 590. The van der Waals surface area contributed by atoms with Gasteiger partial charge in [0.1, 0.15) is 0 Å². The first-order valence-corrected chi connectivity index (χ1v) is 8.23. The van der Waals surface area contributed by atoms with Crippen molar-refractivity contribution >= 4 is 0 Å². The largest absolute Gasteiger partial charge is 0.373 e. The van der Waals surface area contributed by atoms with Gasteiger partial charge in [0, 0.05) is 56.2 Å². The van der Waals surface area contributed by atoms with E-state index in [1.807, 2.05) is 24.5 Å². The average Bonchev–Trinajstić information content (AvgIpc) is 3.00. The van der Waals surface area contributed by atoms with Crippen molar-refractivity contribution in [1.82, 2.24) is 25.4 Å². The Morgan fingerprint density at radius 2 is 2.13 bits per heavy atom. The molecule has 124 valence electrons. The average molecular weight is 315 g/mol. The number of aromatic nitrogens is 3. The number of hydrogen-bond donors (Lipinski definition) is 2. The van der Waals surface area contributed by atoms with Gasteiger partial charge >= 0.3 is 0 Å². The van der Waals surface area contributed by atoms with Crippen LogP contribution >= 0.6 is 0 Å². The number of rotatable bonds is 6. The van der Waals surface area contributed by atoms with E-state index in [4.69, 9.17) is 4.74 Å². The molecule has 2 aromatic rings. The molecular formula is C17H25N5O. The molecule has 6 heteroatoms. The molecule has 3 rings (SSSR count). The van der Waals surface area contributed by atoms with Crippen molar-refractivity contribution in [3.63, 3.8) is 0 Å². The molecule has 0 amide bonds. The van der Waals surface area contributed by atoms with Crippen LogP contribution in [0.3, 0.4) is 0 Å². The van der Waals surface area contributed by atoms with Gasteiger partial charge in [-0.25, -0.2) is 0 Å². The summed E-state index contributed by atoms with van der Waals surface area (Å²) in [6, 6.07) is 3.98. The second-order valence-electron chi connectivity index (χ2n) is 6.21. The first-order chi connectivity index (χ1) is 11.2. The molecule has 2 N–H and O–H groups in total. The van der Waals surface area contributed by atoms with Gasteiger partial charge in [-0.2, -0.15) is 5.10 Å². The van der Waals surface area contributed by atoms with Crippen molar-refractivity contribution < 1.29 is 4.74 Å². The normalized spacial score (nSPS) is 22.3. The summed E-state index contributed by atoms with van der Waals surface area (Å²) in [5, 5.41) is 10.7. The molecule has 23 heavy (non-hydrogen) atoms. The zero-order valence-corrected chi connectivity index (χ0v) is 13.8. The minimum atomic E-state index is 0.324. The predicted octanol–water partition coefficient (Wildman–Crippen LogP) is 1.67. The monoisotopic (exact) mass is 315 g/mol. The molecule has 3 heterocycles. The van der Waals surface area contributed by atoms with Crippen LogP contribution in [-0.2, 0) is 11.3 Å². The summed E-state index contributed by atoms with van der Waals surface area (Å²) in [6.45, 7) is 9.10. The molecule has 1 aliphatic rings. The lowest BCUT2D eigenvalue weighted by molar-refractivity contribution is -0.0674. The molecule has 0 bridgehead atoms. The van der Waals surface area contributed by atoms with Crippen molar-refractivity contribution in [2.75, 3.05) is 26.2 Å². The molecule has 6 nitrogen and oxygen atoms in total. The van der Waals surface area contributed by atoms with Crippen LogP contribution in [0.2, 0.25) is 0 Å². The summed E-state index contributed by atoms with van der Waals surface area (Å²) in [7, 11) is 0. The van der Waals surface area contributed by atoms with Crippen LogP contribution in [-0.4, -0.2) is 58.5 Å².